The summed E-state index contributed by atoms with van der Waals surface area (Å²) in [5.74, 6) is -0.1000. The van der Waals surface area contributed by atoms with Crippen molar-refractivity contribution in [3.05, 3.63) is 63.6 Å². The molecule has 1 fully saturated rings. The number of rotatable bonds is 5. The zero-order valence-electron chi connectivity index (χ0n) is 14.4. The molecule has 144 valence electrons. The molecule has 1 aliphatic heterocycles. The summed E-state index contributed by atoms with van der Waals surface area (Å²) < 4.78 is 28.7. The monoisotopic (exact) mass is 414 g/mol. The maximum Gasteiger partial charge on any atom is 0.387 e. The van der Waals surface area contributed by atoms with Gasteiger partial charge < -0.3 is 9.64 Å². The summed E-state index contributed by atoms with van der Waals surface area (Å²) in [5.41, 5.74) is 1.33. The van der Waals surface area contributed by atoms with Crippen LogP contribution in [-0.4, -0.2) is 48.5 Å². The van der Waals surface area contributed by atoms with E-state index >= 15 is 0 Å². The Labute approximate surface area is 166 Å². The second-order valence-corrected chi connectivity index (χ2v) is 6.99. The third kappa shape index (κ3) is 5.09. The van der Waals surface area contributed by atoms with E-state index in [0.29, 0.717) is 48.3 Å². The fraction of sp³-hybridized carbons (Fsp3) is 0.316. The molecule has 2 aromatic carbocycles. The molecule has 4 nitrogen and oxygen atoms in total. The Morgan fingerprint density at radius 2 is 1.59 bits per heavy atom. The van der Waals surface area contributed by atoms with Crippen molar-refractivity contribution in [2.45, 2.75) is 13.2 Å². The number of piperazine rings is 1. The molecule has 0 atom stereocenters. The SMILES string of the molecule is O=C(c1ccc(OC(F)F)cc1)N1CCN(Cc2c(Cl)cccc2Cl)CC1. The number of amides is 1. The smallest absolute Gasteiger partial charge is 0.387 e. The van der Waals surface area contributed by atoms with Crippen LogP contribution in [0.3, 0.4) is 0 Å². The fourth-order valence-corrected chi connectivity index (χ4v) is 3.49. The van der Waals surface area contributed by atoms with E-state index in [0.717, 1.165) is 5.56 Å². The van der Waals surface area contributed by atoms with Gasteiger partial charge in [0.25, 0.3) is 5.91 Å². The Balaban J connectivity index is 1.56. The van der Waals surface area contributed by atoms with E-state index in [2.05, 4.69) is 9.64 Å². The van der Waals surface area contributed by atoms with Crippen molar-refractivity contribution in [3.8, 4) is 5.75 Å². The van der Waals surface area contributed by atoms with Crippen molar-refractivity contribution in [1.82, 2.24) is 9.80 Å². The van der Waals surface area contributed by atoms with Crippen LogP contribution in [0.1, 0.15) is 15.9 Å². The maximum atomic E-state index is 12.6. The van der Waals surface area contributed by atoms with Gasteiger partial charge in [0.2, 0.25) is 0 Å². The molecule has 1 heterocycles. The highest BCUT2D eigenvalue weighted by atomic mass is 35.5. The molecule has 1 saturated heterocycles. The van der Waals surface area contributed by atoms with Gasteiger partial charge in [0, 0.05) is 53.9 Å². The van der Waals surface area contributed by atoms with Crippen LogP contribution in [0.25, 0.3) is 0 Å². The highest BCUT2D eigenvalue weighted by molar-refractivity contribution is 6.35. The summed E-state index contributed by atoms with van der Waals surface area (Å²) in [7, 11) is 0. The number of ether oxygens (including phenoxy) is 1. The van der Waals surface area contributed by atoms with E-state index in [1.165, 1.54) is 24.3 Å². The Morgan fingerprint density at radius 1 is 1.00 bits per heavy atom. The van der Waals surface area contributed by atoms with Crippen LogP contribution in [0.15, 0.2) is 42.5 Å². The molecule has 0 unspecified atom stereocenters. The van der Waals surface area contributed by atoms with Crippen LogP contribution in [-0.2, 0) is 6.54 Å². The van der Waals surface area contributed by atoms with Gasteiger partial charge >= 0.3 is 6.61 Å². The summed E-state index contributed by atoms with van der Waals surface area (Å²) in [6.07, 6.45) is 0. The minimum Gasteiger partial charge on any atom is -0.435 e. The van der Waals surface area contributed by atoms with E-state index in [-0.39, 0.29) is 11.7 Å². The number of benzene rings is 2. The van der Waals surface area contributed by atoms with Crippen molar-refractivity contribution >= 4 is 29.1 Å². The zero-order valence-corrected chi connectivity index (χ0v) is 15.9. The predicted molar refractivity (Wildman–Crippen MR) is 101 cm³/mol. The molecule has 0 saturated carbocycles. The van der Waals surface area contributed by atoms with E-state index in [1.54, 1.807) is 4.90 Å². The minimum atomic E-state index is -2.88. The maximum absolute atomic E-state index is 12.6. The molecule has 0 radical (unpaired) electrons. The summed E-state index contributed by atoms with van der Waals surface area (Å²) in [6.45, 7) is 0.262. The Kier molecular flexibility index (Phi) is 6.52. The second kappa shape index (κ2) is 8.87. The first-order valence-corrected chi connectivity index (χ1v) is 9.19. The van der Waals surface area contributed by atoms with Gasteiger partial charge in [-0.05, 0) is 36.4 Å². The van der Waals surface area contributed by atoms with E-state index < -0.39 is 6.61 Å². The molecule has 27 heavy (non-hydrogen) atoms. The quantitative estimate of drug-likeness (QED) is 0.718. The highest BCUT2D eigenvalue weighted by Crippen LogP contribution is 2.26. The molecule has 0 N–H and O–H groups in total. The standard InChI is InChI=1S/C19H18Cl2F2N2O2/c20-16-2-1-3-17(21)15(16)12-24-8-10-25(11-9-24)18(26)13-4-6-14(7-5-13)27-19(22)23/h1-7,19H,8-12H2. The van der Waals surface area contributed by atoms with Gasteiger partial charge in [-0.1, -0.05) is 29.3 Å². The summed E-state index contributed by atoms with van der Waals surface area (Å²) >= 11 is 12.4. The number of alkyl halides is 2. The molecule has 2 aromatic rings. The number of hydrogen-bond donors (Lipinski definition) is 0. The van der Waals surface area contributed by atoms with Crippen LogP contribution in [0.2, 0.25) is 10.0 Å². The number of carbonyl (C=O) groups is 1. The van der Waals surface area contributed by atoms with Gasteiger partial charge in [-0.25, -0.2) is 0 Å². The molecule has 3 rings (SSSR count). The van der Waals surface area contributed by atoms with E-state index in [9.17, 15) is 13.6 Å². The van der Waals surface area contributed by atoms with Crippen LogP contribution < -0.4 is 4.74 Å². The molecule has 0 aliphatic carbocycles. The molecule has 1 aliphatic rings. The van der Waals surface area contributed by atoms with Crippen LogP contribution in [0, 0.1) is 0 Å². The van der Waals surface area contributed by atoms with Gasteiger partial charge in [-0.2, -0.15) is 8.78 Å². The van der Waals surface area contributed by atoms with Crippen molar-refractivity contribution in [3.63, 3.8) is 0 Å². The van der Waals surface area contributed by atoms with Gasteiger partial charge in [0.15, 0.2) is 0 Å². The fourth-order valence-electron chi connectivity index (χ4n) is 2.98. The number of halogens is 4. The highest BCUT2D eigenvalue weighted by Gasteiger charge is 2.23. The van der Waals surface area contributed by atoms with Crippen molar-refractivity contribution in [2.24, 2.45) is 0 Å². The van der Waals surface area contributed by atoms with Crippen LogP contribution in [0.4, 0.5) is 8.78 Å². The lowest BCUT2D eigenvalue weighted by atomic mass is 10.1. The Morgan fingerprint density at radius 3 is 2.15 bits per heavy atom. The average Bonchev–Trinajstić information content (AvgIpc) is 2.65. The lowest BCUT2D eigenvalue weighted by Gasteiger charge is -2.35. The lowest BCUT2D eigenvalue weighted by Crippen LogP contribution is -2.48. The Bertz CT molecular complexity index is 775. The third-order valence-electron chi connectivity index (χ3n) is 4.43. The minimum absolute atomic E-state index is 0.0305. The van der Waals surface area contributed by atoms with Gasteiger partial charge in [0.05, 0.1) is 0 Å². The van der Waals surface area contributed by atoms with Gasteiger partial charge in [-0.15, -0.1) is 0 Å². The molecule has 8 heteroatoms. The first kappa shape index (κ1) is 19.9. The van der Waals surface area contributed by atoms with Crippen molar-refractivity contribution in [2.75, 3.05) is 26.2 Å². The second-order valence-electron chi connectivity index (χ2n) is 6.17. The average molecular weight is 415 g/mol. The third-order valence-corrected chi connectivity index (χ3v) is 5.14. The summed E-state index contributed by atoms with van der Waals surface area (Å²) in [5, 5.41) is 1.26. The summed E-state index contributed by atoms with van der Waals surface area (Å²) in [6, 6.07) is 11.2. The molecule has 0 spiro atoms. The molecule has 0 bridgehead atoms. The van der Waals surface area contributed by atoms with E-state index in [1.807, 2.05) is 18.2 Å². The van der Waals surface area contributed by atoms with Gasteiger partial charge in [0.1, 0.15) is 5.75 Å². The van der Waals surface area contributed by atoms with E-state index in [4.69, 9.17) is 23.2 Å². The van der Waals surface area contributed by atoms with Crippen LogP contribution >= 0.6 is 23.2 Å². The topological polar surface area (TPSA) is 32.8 Å². The van der Waals surface area contributed by atoms with Gasteiger partial charge in [-0.3, -0.25) is 9.69 Å². The normalized spacial score (nSPS) is 15.2. The zero-order chi connectivity index (χ0) is 19.4. The predicted octanol–water partition coefficient (Wildman–Crippen LogP) is 4.55. The molecule has 1 amide bonds. The number of nitrogens with zero attached hydrogens (tertiary/aromatic N) is 2. The largest absolute Gasteiger partial charge is 0.435 e. The number of hydrogen-bond acceptors (Lipinski definition) is 3. The molecular weight excluding hydrogens is 397 g/mol. The first-order chi connectivity index (χ1) is 12.9. The Hall–Kier alpha value is -1.89. The molecular formula is C19H18Cl2F2N2O2. The van der Waals surface area contributed by atoms with Crippen LogP contribution in [0.5, 0.6) is 5.75 Å². The number of carbonyl (C=O) groups excluding carboxylic acids is 1. The summed E-state index contributed by atoms with van der Waals surface area (Å²) in [4.78, 5) is 16.5. The van der Waals surface area contributed by atoms with Crippen molar-refractivity contribution < 1.29 is 18.3 Å². The first-order valence-electron chi connectivity index (χ1n) is 8.43. The lowest BCUT2D eigenvalue weighted by molar-refractivity contribution is -0.0498. The van der Waals surface area contributed by atoms with Crippen molar-refractivity contribution in [1.29, 1.82) is 0 Å². The molecule has 0 aromatic heterocycles.